The zero-order chi connectivity index (χ0) is 21.2. The third kappa shape index (κ3) is 4.26. The van der Waals surface area contributed by atoms with Crippen molar-refractivity contribution >= 4 is 0 Å². The molecule has 1 saturated heterocycles. The molecule has 0 saturated carbocycles. The van der Waals surface area contributed by atoms with E-state index in [9.17, 15) is 10.2 Å². The van der Waals surface area contributed by atoms with Gasteiger partial charge in [0.2, 0.25) is 0 Å². The summed E-state index contributed by atoms with van der Waals surface area (Å²) in [5.74, 6) is 1.50. The molecule has 2 heterocycles. The van der Waals surface area contributed by atoms with Crippen LogP contribution in [-0.2, 0) is 6.42 Å². The van der Waals surface area contributed by atoms with E-state index in [0.717, 1.165) is 29.8 Å². The predicted octanol–water partition coefficient (Wildman–Crippen LogP) is 5.04. The maximum absolute atomic E-state index is 9.93. The van der Waals surface area contributed by atoms with E-state index < -0.39 is 0 Å². The fourth-order valence-electron chi connectivity index (χ4n) is 5.00. The zero-order valence-electron chi connectivity index (χ0n) is 17.7. The van der Waals surface area contributed by atoms with Gasteiger partial charge in [-0.2, -0.15) is 0 Å². The number of rotatable bonds is 5. The molecule has 0 radical (unpaired) electrons. The molecule has 5 rings (SSSR count). The first kappa shape index (κ1) is 20.0. The van der Waals surface area contributed by atoms with Crippen LogP contribution in [0.4, 0.5) is 0 Å². The Morgan fingerprint density at radius 2 is 1.48 bits per heavy atom. The standard InChI is InChI=1S/C27H29NO3/c29-22-9-7-20(8-10-22)25-18-31-26-17-23(30)11-12-24(26)27(25)21-5-3-19(4-6-21)13-16-28-14-1-2-15-28/h3-12,17,25,27,29-30H,1-2,13-16,18H2/t25-,27?/m1/s1. The van der Waals surface area contributed by atoms with Crippen molar-refractivity contribution in [3.05, 3.63) is 89.0 Å². The number of nitrogens with zero attached hydrogens (tertiary/aromatic N) is 1. The number of hydrogen-bond donors (Lipinski definition) is 2. The maximum Gasteiger partial charge on any atom is 0.126 e. The molecule has 1 fully saturated rings. The van der Waals surface area contributed by atoms with Crippen molar-refractivity contribution in [1.29, 1.82) is 0 Å². The average molecular weight is 416 g/mol. The Bertz CT molecular complexity index is 1020. The van der Waals surface area contributed by atoms with Crippen LogP contribution in [-0.4, -0.2) is 41.4 Å². The van der Waals surface area contributed by atoms with E-state index in [-0.39, 0.29) is 23.3 Å². The highest BCUT2D eigenvalue weighted by atomic mass is 16.5. The fraction of sp³-hybridized carbons (Fsp3) is 0.333. The van der Waals surface area contributed by atoms with Crippen molar-refractivity contribution in [3.63, 3.8) is 0 Å². The Morgan fingerprint density at radius 3 is 2.23 bits per heavy atom. The molecule has 2 aliphatic rings. The smallest absolute Gasteiger partial charge is 0.126 e. The summed E-state index contributed by atoms with van der Waals surface area (Å²) < 4.78 is 6.04. The first-order chi connectivity index (χ1) is 15.2. The number of aromatic hydroxyl groups is 2. The average Bonchev–Trinajstić information content (AvgIpc) is 3.32. The number of hydrogen-bond acceptors (Lipinski definition) is 4. The van der Waals surface area contributed by atoms with Gasteiger partial charge in [-0.15, -0.1) is 0 Å². The van der Waals surface area contributed by atoms with Crippen LogP contribution in [0.1, 0.15) is 46.9 Å². The van der Waals surface area contributed by atoms with E-state index in [0.29, 0.717) is 6.61 Å². The minimum Gasteiger partial charge on any atom is -0.508 e. The van der Waals surface area contributed by atoms with Gasteiger partial charge in [-0.05, 0) is 67.2 Å². The lowest BCUT2D eigenvalue weighted by Gasteiger charge is -2.34. The molecule has 0 aliphatic carbocycles. The number of benzene rings is 3. The highest BCUT2D eigenvalue weighted by Gasteiger charge is 2.33. The lowest BCUT2D eigenvalue weighted by Crippen LogP contribution is -2.25. The van der Waals surface area contributed by atoms with Crippen molar-refractivity contribution in [3.8, 4) is 17.2 Å². The topological polar surface area (TPSA) is 52.9 Å². The Balaban J connectivity index is 1.44. The summed E-state index contributed by atoms with van der Waals surface area (Å²) in [4.78, 5) is 2.55. The van der Waals surface area contributed by atoms with Gasteiger partial charge >= 0.3 is 0 Å². The molecule has 0 bridgehead atoms. The summed E-state index contributed by atoms with van der Waals surface area (Å²) in [6.45, 7) is 4.13. The van der Waals surface area contributed by atoms with Crippen LogP contribution < -0.4 is 4.74 Å². The van der Waals surface area contributed by atoms with Gasteiger partial charge in [0.05, 0.1) is 6.61 Å². The molecule has 160 valence electrons. The van der Waals surface area contributed by atoms with Crippen LogP contribution in [0.5, 0.6) is 17.2 Å². The Morgan fingerprint density at radius 1 is 0.806 bits per heavy atom. The van der Waals surface area contributed by atoms with Crippen molar-refractivity contribution in [2.45, 2.75) is 31.1 Å². The first-order valence-electron chi connectivity index (χ1n) is 11.2. The van der Waals surface area contributed by atoms with Gasteiger partial charge < -0.3 is 19.8 Å². The van der Waals surface area contributed by atoms with Gasteiger partial charge in [0.25, 0.3) is 0 Å². The van der Waals surface area contributed by atoms with Gasteiger partial charge in [-0.25, -0.2) is 0 Å². The van der Waals surface area contributed by atoms with Gasteiger partial charge in [0, 0.05) is 30.0 Å². The Labute approximate surface area is 183 Å². The fourth-order valence-corrected chi connectivity index (χ4v) is 5.00. The molecule has 2 aliphatic heterocycles. The molecule has 4 heteroatoms. The van der Waals surface area contributed by atoms with Crippen LogP contribution in [0.3, 0.4) is 0 Å². The second kappa shape index (κ2) is 8.64. The number of phenols is 2. The van der Waals surface area contributed by atoms with Crippen LogP contribution >= 0.6 is 0 Å². The molecule has 1 unspecified atom stereocenters. The molecule has 4 nitrogen and oxygen atoms in total. The predicted molar refractivity (Wildman–Crippen MR) is 122 cm³/mol. The SMILES string of the molecule is Oc1ccc([C@H]2COc3cc(O)ccc3C2c2ccc(CCN3CCCC3)cc2)cc1. The van der Waals surface area contributed by atoms with E-state index >= 15 is 0 Å². The quantitative estimate of drug-likeness (QED) is 0.613. The molecule has 0 amide bonds. The van der Waals surface area contributed by atoms with E-state index in [1.807, 2.05) is 18.2 Å². The van der Waals surface area contributed by atoms with Crippen molar-refractivity contribution in [2.24, 2.45) is 0 Å². The molecule has 2 N–H and O–H groups in total. The summed E-state index contributed by atoms with van der Waals surface area (Å²) >= 11 is 0. The third-order valence-corrected chi connectivity index (χ3v) is 6.73. The second-order valence-electron chi connectivity index (χ2n) is 8.75. The van der Waals surface area contributed by atoms with E-state index in [4.69, 9.17) is 4.74 Å². The van der Waals surface area contributed by atoms with Gasteiger partial charge in [-0.3, -0.25) is 0 Å². The molecular formula is C27H29NO3. The number of phenolic OH excluding ortho intramolecular Hbond substituents is 2. The second-order valence-corrected chi connectivity index (χ2v) is 8.75. The Hall–Kier alpha value is -2.98. The number of fused-ring (bicyclic) bond motifs is 1. The monoisotopic (exact) mass is 415 g/mol. The summed E-state index contributed by atoms with van der Waals surface area (Å²) in [6.07, 6.45) is 3.74. The molecule has 3 aromatic rings. The normalized spacial score (nSPS) is 20.9. The Kier molecular flexibility index (Phi) is 5.56. The van der Waals surface area contributed by atoms with Gasteiger partial charge in [0.15, 0.2) is 0 Å². The van der Waals surface area contributed by atoms with Crippen LogP contribution in [0.2, 0.25) is 0 Å². The molecule has 3 aromatic carbocycles. The highest BCUT2D eigenvalue weighted by Crippen LogP contribution is 2.47. The van der Waals surface area contributed by atoms with E-state index in [1.54, 1.807) is 24.3 Å². The zero-order valence-corrected chi connectivity index (χ0v) is 17.7. The summed E-state index contributed by atoms with van der Waals surface area (Å²) in [7, 11) is 0. The largest absolute Gasteiger partial charge is 0.508 e. The minimum absolute atomic E-state index is 0.126. The third-order valence-electron chi connectivity index (χ3n) is 6.73. The minimum atomic E-state index is 0.126. The first-order valence-corrected chi connectivity index (χ1v) is 11.2. The number of likely N-dealkylation sites (tertiary alicyclic amines) is 1. The van der Waals surface area contributed by atoms with Crippen molar-refractivity contribution in [1.82, 2.24) is 4.90 Å². The van der Waals surface area contributed by atoms with Crippen LogP contribution in [0.15, 0.2) is 66.7 Å². The molecule has 0 spiro atoms. The van der Waals surface area contributed by atoms with Gasteiger partial charge in [-0.1, -0.05) is 42.5 Å². The highest BCUT2D eigenvalue weighted by molar-refractivity contribution is 5.50. The maximum atomic E-state index is 9.93. The van der Waals surface area contributed by atoms with Gasteiger partial charge in [0.1, 0.15) is 17.2 Å². The van der Waals surface area contributed by atoms with Crippen molar-refractivity contribution in [2.75, 3.05) is 26.2 Å². The van der Waals surface area contributed by atoms with Crippen molar-refractivity contribution < 1.29 is 14.9 Å². The van der Waals surface area contributed by atoms with Crippen LogP contribution in [0.25, 0.3) is 0 Å². The van der Waals surface area contributed by atoms with E-state index in [1.165, 1.54) is 37.1 Å². The molecule has 0 aromatic heterocycles. The molecule has 2 atom stereocenters. The lowest BCUT2D eigenvalue weighted by molar-refractivity contribution is 0.247. The summed E-state index contributed by atoms with van der Waals surface area (Å²) in [5.41, 5.74) is 4.85. The summed E-state index contributed by atoms with van der Waals surface area (Å²) in [5, 5.41) is 19.7. The number of ether oxygens (including phenoxy) is 1. The molecule has 31 heavy (non-hydrogen) atoms. The molecular weight excluding hydrogens is 386 g/mol. The lowest BCUT2D eigenvalue weighted by atomic mass is 9.75. The van der Waals surface area contributed by atoms with Crippen LogP contribution in [0, 0.1) is 0 Å². The van der Waals surface area contributed by atoms with E-state index in [2.05, 4.69) is 29.2 Å². The summed E-state index contributed by atoms with van der Waals surface area (Å²) in [6, 6.07) is 21.9.